The van der Waals surface area contributed by atoms with Crippen LogP contribution >= 0.6 is 23.2 Å². The molecule has 0 amide bonds. The Bertz CT molecular complexity index is 248. The minimum Gasteiger partial charge on any atom is -0.508 e. The summed E-state index contributed by atoms with van der Waals surface area (Å²) in [4.78, 5) is 0. The highest BCUT2D eigenvalue weighted by Crippen LogP contribution is 2.29. The van der Waals surface area contributed by atoms with Crippen LogP contribution in [-0.2, 0) is 6.42 Å². The van der Waals surface area contributed by atoms with E-state index in [0.717, 1.165) is 12.0 Å². The van der Waals surface area contributed by atoms with Gasteiger partial charge in [-0.05, 0) is 24.1 Å². The first-order valence-corrected chi connectivity index (χ1v) is 4.07. The third kappa shape index (κ3) is 1.79. The number of rotatable bonds is 1. The van der Waals surface area contributed by atoms with Gasteiger partial charge in [0.2, 0.25) is 0 Å². The maximum atomic E-state index is 9.04. The molecule has 0 fully saturated rings. The van der Waals surface area contributed by atoms with E-state index in [1.807, 2.05) is 6.92 Å². The van der Waals surface area contributed by atoms with E-state index in [-0.39, 0.29) is 5.75 Å². The molecule has 0 aromatic heterocycles. The smallest absolute Gasteiger partial charge is 0.118 e. The second-order valence-electron chi connectivity index (χ2n) is 2.24. The minimum atomic E-state index is 0.109. The molecule has 1 N–H and O–H groups in total. The molecular weight excluding hydrogens is 183 g/mol. The molecule has 0 bridgehead atoms. The molecule has 1 nitrogen and oxygen atoms in total. The molecule has 60 valence electrons. The van der Waals surface area contributed by atoms with Crippen molar-refractivity contribution in [2.75, 3.05) is 0 Å². The Morgan fingerprint density at radius 3 is 2.09 bits per heavy atom. The molecule has 3 heteroatoms. The quantitative estimate of drug-likeness (QED) is 0.722. The Labute approximate surface area is 75.6 Å². The van der Waals surface area contributed by atoms with E-state index >= 15 is 0 Å². The van der Waals surface area contributed by atoms with Gasteiger partial charge < -0.3 is 5.11 Å². The topological polar surface area (TPSA) is 20.2 Å². The molecule has 0 heterocycles. The lowest BCUT2D eigenvalue weighted by Crippen LogP contribution is -1.83. The van der Waals surface area contributed by atoms with Crippen LogP contribution in [0.3, 0.4) is 0 Å². The Morgan fingerprint density at radius 2 is 1.73 bits per heavy atom. The lowest BCUT2D eigenvalue weighted by molar-refractivity contribution is 0.475. The van der Waals surface area contributed by atoms with Crippen molar-refractivity contribution in [2.45, 2.75) is 13.3 Å². The Morgan fingerprint density at radius 1 is 1.27 bits per heavy atom. The zero-order valence-electron chi connectivity index (χ0n) is 6.06. The predicted octanol–water partition coefficient (Wildman–Crippen LogP) is 3.26. The fourth-order valence-electron chi connectivity index (χ4n) is 0.927. The van der Waals surface area contributed by atoms with Crippen LogP contribution in [0.1, 0.15) is 12.5 Å². The summed E-state index contributed by atoms with van der Waals surface area (Å²) in [5.41, 5.74) is 0.881. The van der Waals surface area contributed by atoms with Crippen LogP contribution in [0, 0.1) is 0 Å². The lowest BCUT2D eigenvalue weighted by atomic mass is 10.1. The van der Waals surface area contributed by atoms with Crippen LogP contribution in [0.25, 0.3) is 0 Å². The molecule has 1 aromatic carbocycles. The molecule has 0 atom stereocenters. The SMILES string of the molecule is CCc1c(Cl)cc(O)cc1Cl. The standard InChI is InChI=1S/C8H8Cl2O/c1-2-6-7(9)3-5(11)4-8(6)10/h3-4,11H,2H2,1H3. The van der Waals surface area contributed by atoms with Crippen LogP contribution in [0.15, 0.2) is 12.1 Å². The van der Waals surface area contributed by atoms with Gasteiger partial charge in [-0.1, -0.05) is 30.1 Å². The van der Waals surface area contributed by atoms with E-state index in [9.17, 15) is 0 Å². The van der Waals surface area contributed by atoms with Crippen molar-refractivity contribution >= 4 is 23.2 Å². The van der Waals surface area contributed by atoms with E-state index < -0.39 is 0 Å². The first-order chi connectivity index (χ1) is 5.15. The first-order valence-electron chi connectivity index (χ1n) is 3.32. The minimum absolute atomic E-state index is 0.109. The predicted molar refractivity (Wildman–Crippen MR) is 47.5 cm³/mol. The van der Waals surface area contributed by atoms with Crippen molar-refractivity contribution in [3.05, 3.63) is 27.7 Å². The van der Waals surface area contributed by atoms with Gasteiger partial charge in [-0.2, -0.15) is 0 Å². The molecular formula is C8H8Cl2O. The van der Waals surface area contributed by atoms with Gasteiger partial charge in [0.25, 0.3) is 0 Å². The van der Waals surface area contributed by atoms with Gasteiger partial charge in [0.05, 0.1) is 0 Å². The van der Waals surface area contributed by atoms with Crippen LogP contribution < -0.4 is 0 Å². The summed E-state index contributed by atoms with van der Waals surface area (Å²) in [6.07, 6.45) is 0.776. The fraction of sp³-hybridized carbons (Fsp3) is 0.250. The van der Waals surface area contributed by atoms with E-state index in [1.165, 1.54) is 12.1 Å². The third-order valence-electron chi connectivity index (χ3n) is 1.48. The molecule has 0 aliphatic carbocycles. The molecule has 11 heavy (non-hydrogen) atoms. The third-order valence-corrected chi connectivity index (χ3v) is 2.15. The van der Waals surface area contributed by atoms with E-state index in [4.69, 9.17) is 28.3 Å². The van der Waals surface area contributed by atoms with Crippen molar-refractivity contribution in [1.82, 2.24) is 0 Å². The van der Waals surface area contributed by atoms with Gasteiger partial charge in [-0.15, -0.1) is 0 Å². The molecule has 0 aliphatic rings. The zero-order valence-corrected chi connectivity index (χ0v) is 7.58. The second kappa shape index (κ2) is 3.33. The molecule has 0 radical (unpaired) electrons. The number of halogens is 2. The number of hydrogen-bond donors (Lipinski definition) is 1. The van der Waals surface area contributed by atoms with Gasteiger partial charge >= 0.3 is 0 Å². The summed E-state index contributed by atoms with van der Waals surface area (Å²) < 4.78 is 0. The molecule has 0 unspecified atom stereocenters. The highest BCUT2D eigenvalue weighted by Gasteiger charge is 2.04. The van der Waals surface area contributed by atoms with Gasteiger partial charge in [-0.3, -0.25) is 0 Å². The van der Waals surface area contributed by atoms with Crippen LogP contribution in [0.4, 0.5) is 0 Å². The molecule has 0 aliphatic heterocycles. The van der Waals surface area contributed by atoms with Crippen molar-refractivity contribution in [2.24, 2.45) is 0 Å². The highest BCUT2D eigenvalue weighted by molar-refractivity contribution is 6.36. The molecule has 0 saturated carbocycles. The number of hydrogen-bond acceptors (Lipinski definition) is 1. The number of phenolic OH excluding ortho intramolecular Hbond substituents is 1. The molecule has 1 rings (SSSR count). The largest absolute Gasteiger partial charge is 0.508 e. The highest BCUT2D eigenvalue weighted by atomic mass is 35.5. The lowest BCUT2D eigenvalue weighted by Gasteiger charge is -2.03. The maximum Gasteiger partial charge on any atom is 0.118 e. The van der Waals surface area contributed by atoms with Gasteiger partial charge in [0, 0.05) is 10.0 Å². The maximum absolute atomic E-state index is 9.04. The monoisotopic (exact) mass is 190 g/mol. The molecule has 0 saturated heterocycles. The van der Waals surface area contributed by atoms with Gasteiger partial charge in [-0.25, -0.2) is 0 Å². The Balaban J connectivity index is 3.25. The van der Waals surface area contributed by atoms with E-state index in [2.05, 4.69) is 0 Å². The first kappa shape index (κ1) is 8.69. The molecule has 0 spiro atoms. The number of aromatic hydroxyl groups is 1. The van der Waals surface area contributed by atoms with E-state index in [1.54, 1.807) is 0 Å². The molecule has 1 aromatic rings. The Kier molecular flexibility index (Phi) is 2.63. The van der Waals surface area contributed by atoms with Crippen LogP contribution in [0.5, 0.6) is 5.75 Å². The summed E-state index contributed by atoms with van der Waals surface area (Å²) in [5.74, 6) is 0.109. The fourth-order valence-corrected chi connectivity index (χ4v) is 1.67. The van der Waals surface area contributed by atoms with Crippen molar-refractivity contribution in [3.63, 3.8) is 0 Å². The van der Waals surface area contributed by atoms with Crippen molar-refractivity contribution < 1.29 is 5.11 Å². The average Bonchev–Trinajstić information content (AvgIpc) is 1.85. The summed E-state index contributed by atoms with van der Waals surface area (Å²) in [5, 5.41) is 10.1. The number of phenols is 1. The normalized spacial score (nSPS) is 10.1. The second-order valence-corrected chi connectivity index (χ2v) is 3.06. The van der Waals surface area contributed by atoms with Crippen LogP contribution in [-0.4, -0.2) is 5.11 Å². The summed E-state index contributed by atoms with van der Waals surface area (Å²) >= 11 is 11.6. The summed E-state index contributed by atoms with van der Waals surface area (Å²) in [6.45, 7) is 1.96. The van der Waals surface area contributed by atoms with Gasteiger partial charge in [0.15, 0.2) is 0 Å². The summed E-state index contributed by atoms with van der Waals surface area (Å²) in [6, 6.07) is 2.98. The van der Waals surface area contributed by atoms with Crippen LogP contribution in [0.2, 0.25) is 10.0 Å². The zero-order chi connectivity index (χ0) is 8.43. The Hall–Kier alpha value is -0.400. The van der Waals surface area contributed by atoms with Crippen molar-refractivity contribution in [3.8, 4) is 5.75 Å². The number of benzene rings is 1. The van der Waals surface area contributed by atoms with E-state index in [0.29, 0.717) is 10.0 Å². The van der Waals surface area contributed by atoms with Gasteiger partial charge in [0.1, 0.15) is 5.75 Å². The average molecular weight is 191 g/mol. The summed E-state index contributed by atoms with van der Waals surface area (Å²) in [7, 11) is 0. The van der Waals surface area contributed by atoms with Crippen molar-refractivity contribution in [1.29, 1.82) is 0 Å².